The average Bonchev–Trinajstić information content (AvgIpc) is 3.13. The molecule has 1 aromatic heterocycles. The van der Waals surface area contributed by atoms with Crippen molar-refractivity contribution in [3.63, 3.8) is 0 Å². The fourth-order valence-electron chi connectivity index (χ4n) is 2.32. The summed E-state index contributed by atoms with van der Waals surface area (Å²) < 4.78 is 5.55. The molecule has 0 aliphatic rings. The number of anilines is 1. The van der Waals surface area contributed by atoms with E-state index in [9.17, 15) is 4.79 Å². The van der Waals surface area contributed by atoms with E-state index in [1.54, 1.807) is 6.21 Å². The Morgan fingerprint density at radius 2 is 2.11 bits per heavy atom. The molecular weight excluding hydrogens is 572 g/mol. The van der Waals surface area contributed by atoms with Gasteiger partial charge in [0, 0.05) is 0 Å². The van der Waals surface area contributed by atoms with Gasteiger partial charge in [-0.3, -0.25) is 0 Å². The maximum absolute atomic E-state index is 12.0. The van der Waals surface area contributed by atoms with Crippen LogP contribution in [0.2, 0.25) is 0 Å². The number of amides is 2. The second kappa shape index (κ2) is 9.82. The maximum atomic E-state index is 12.0. The number of rotatable bonds is 6. The Morgan fingerprint density at radius 1 is 1.30 bits per heavy atom. The number of benzene rings is 2. The molecular formula is C18H15ClHgN4O2S. The molecule has 2 amide bonds. The van der Waals surface area contributed by atoms with Crippen LogP contribution in [0, 0.1) is 6.92 Å². The number of carbonyl (C=O) groups excluding carboxylic acids is 1. The predicted molar refractivity (Wildman–Crippen MR) is 105 cm³/mol. The van der Waals surface area contributed by atoms with Gasteiger partial charge in [-0.25, -0.2) is 0 Å². The van der Waals surface area contributed by atoms with Gasteiger partial charge in [0.25, 0.3) is 0 Å². The Hall–Kier alpha value is -1.96. The summed E-state index contributed by atoms with van der Waals surface area (Å²) in [5.41, 5.74) is 6.08. The van der Waals surface area contributed by atoms with Crippen molar-refractivity contribution in [2.24, 2.45) is 5.10 Å². The van der Waals surface area contributed by atoms with E-state index < -0.39 is 29.8 Å². The van der Waals surface area contributed by atoms with Crippen molar-refractivity contribution in [3.05, 3.63) is 65.0 Å². The van der Waals surface area contributed by atoms with Gasteiger partial charge in [-0.05, 0) is 0 Å². The molecule has 0 saturated heterocycles. The molecule has 0 saturated carbocycles. The fourth-order valence-corrected chi connectivity index (χ4v) is 5.54. The standard InChI is InChI=1S/C18H16N4O2S.ClH.Hg/c1-12-7-8-16(23)14(9-12)10-19-22-17(24)21-18-20-15(11-25-18)13-5-3-2-4-6-13;;/h2-11,23H,1H3,(H2,20,21,22,24);1H;/q;;+2/p-2/b19-10+;;. The summed E-state index contributed by atoms with van der Waals surface area (Å²) in [5, 5.41) is 9.04. The number of thiazole rings is 1. The van der Waals surface area contributed by atoms with Gasteiger partial charge >= 0.3 is 148 Å². The Labute approximate surface area is 177 Å². The van der Waals surface area contributed by atoms with E-state index in [0.29, 0.717) is 10.9 Å². The van der Waals surface area contributed by atoms with E-state index in [1.807, 2.05) is 60.8 Å². The first-order chi connectivity index (χ1) is 13.2. The number of nitrogens with one attached hydrogen (secondary N) is 2. The van der Waals surface area contributed by atoms with Crippen LogP contribution in [-0.4, -0.2) is 17.2 Å². The molecule has 3 aromatic rings. The third kappa shape index (κ3) is 5.75. The monoisotopic (exact) mass is 588 g/mol. The zero-order valence-corrected chi connectivity index (χ0v) is 21.5. The molecule has 0 radical (unpaired) electrons. The van der Waals surface area contributed by atoms with E-state index >= 15 is 0 Å². The number of aryl methyl sites for hydroxylation is 1. The molecule has 27 heavy (non-hydrogen) atoms. The number of nitrogens with zero attached hydrogens (tertiary/aromatic N) is 2. The van der Waals surface area contributed by atoms with E-state index in [1.165, 1.54) is 11.3 Å². The second-order valence-corrected chi connectivity index (χ2v) is 10.3. The fraction of sp³-hybridized carbons (Fsp3) is 0.0556. The van der Waals surface area contributed by atoms with Crippen molar-refractivity contribution in [2.75, 3.05) is 5.32 Å². The van der Waals surface area contributed by atoms with Gasteiger partial charge < -0.3 is 0 Å². The third-order valence-corrected chi connectivity index (χ3v) is 6.89. The Kier molecular flexibility index (Phi) is 7.20. The number of hydrogen-bond donors (Lipinski definition) is 2. The minimum atomic E-state index is -1.80. The summed E-state index contributed by atoms with van der Waals surface area (Å²) in [6, 6.07) is 15.0. The number of carbonyl (C=O) groups is 1. The van der Waals surface area contributed by atoms with Crippen LogP contribution in [0.1, 0.15) is 11.1 Å². The number of aromatic nitrogens is 1. The molecule has 0 atom stereocenters. The van der Waals surface area contributed by atoms with E-state index in [0.717, 1.165) is 22.4 Å². The number of hydrazone groups is 1. The molecule has 0 bridgehead atoms. The van der Waals surface area contributed by atoms with Crippen LogP contribution < -0.4 is 13.4 Å². The SMILES string of the molecule is Cc1ccc([O][Hg][Cl])c(/C=N/NC(=O)Nc2nc(-c3ccccc3)cs2)c1. The molecule has 3 rings (SSSR count). The average molecular weight is 587 g/mol. The van der Waals surface area contributed by atoms with Crippen LogP contribution in [0.5, 0.6) is 5.75 Å². The predicted octanol–water partition coefficient (Wildman–Crippen LogP) is 4.80. The normalized spacial score (nSPS) is 10.4. The van der Waals surface area contributed by atoms with Gasteiger partial charge in [-0.1, -0.05) is 30.3 Å². The zero-order chi connectivity index (χ0) is 19.1. The Bertz CT molecular complexity index is 950. The van der Waals surface area contributed by atoms with Gasteiger partial charge in [-0.15, -0.1) is 0 Å². The summed E-state index contributed by atoms with van der Waals surface area (Å²) in [4.78, 5) is 16.4. The molecule has 2 N–H and O–H groups in total. The topological polar surface area (TPSA) is 75.6 Å². The Morgan fingerprint density at radius 3 is 2.89 bits per heavy atom. The van der Waals surface area contributed by atoms with E-state index in [2.05, 4.69) is 20.8 Å². The third-order valence-electron chi connectivity index (χ3n) is 3.54. The molecule has 1 heterocycles. The van der Waals surface area contributed by atoms with Crippen molar-refractivity contribution >= 4 is 37.0 Å². The van der Waals surface area contributed by atoms with Gasteiger partial charge in [0.2, 0.25) is 0 Å². The van der Waals surface area contributed by atoms with Crippen LogP contribution in [0.3, 0.4) is 0 Å². The molecule has 0 spiro atoms. The summed E-state index contributed by atoms with van der Waals surface area (Å²) in [6.07, 6.45) is 1.54. The number of halogens is 1. The summed E-state index contributed by atoms with van der Waals surface area (Å²) in [6.45, 7) is 1.97. The molecule has 0 aliphatic carbocycles. The van der Waals surface area contributed by atoms with Crippen LogP contribution in [0.15, 0.2) is 59.0 Å². The minimum absolute atomic E-state index is 0.465. The summed E-state index contributed by atoms with van der Waals surface area (Å²) >= 11 is -0.448. The zero-order valence-electron chi connectivity index (χ0n) is 14.5. The summed E-state index contributed by atoms with van der Waals surface area (Å²) in [5.74, 6) is 0.690. The van der Waals surface area contributed by atoms with Gasteiger partial charge in [-0.2, -0.15) is 0 Å². The number of hydrogen-bond acceptors (Lipinski definition) is 5. The van der Waals surface area contributed by atoms with Crippen LogP contribution in [-0.2, 0) is 23.8 Å². The second-order valence-electron chi connectivity index (χ2n) is 5.52. The van der Waals surface area contributed by atoms with Crippen LogP contribution in [0.25, 0.3) is 11.3 Å². The van der Waals surface area contributed by atoms with Crippen molar-refractivity contribution in [1.82, 2.24) is 10.4 Å². The quantitative estimate of drug-likeness (QED) is 0.247. The van der Waals surface area contributed by atoms with Gasteiger partial charge in [0.05, 0.1) is 0 Å². The molecule has 134 valence electrons. The van der Waals surface area contributed by atoms with Gasteiger partial charge in [0.15, 0.2) is 0 Å². The molecule has 0 fully saturated rings. The van der Waals surface area contributed by atoms with Crippen molar-refractivity contribution < 1.29 is 31.2 Å². The first-order valence-electron chi connectivity index (χ1n) is 8.06. The molecule has 9 heteroatoms. The van der Waals surface area contributed by atoms with Crippen molar-refractivity contribution in [2.45, 2.75) is 6.92 Å². The van der Waals surface area contributed by atoms with Crippen molar-refractivity contribution in [1.29, 1.82) is 0 Å². The Balaban J connectivity index is 1.60. The van der Waals surface area contributed by atoms with Crippen LogP contribution >= 0.6 is 19.6 Å². The van der Waals surface area contributed by atoms with E-state index in [4.69, 9.17) is 10.9 Å². The first-order valence-corrected chi connectivity index (χ1v) is 18.0. The molecule has 2 aromatic carbocycles. The van der Waals surface area contributed by atoms with Gasteiger partial charge in [0.1, 0.15) is 0 Å². The molecule has 6 nitrogen and oxygen atoms in total. The molecule has 0 aliphatic heterocycles. The van der Waals surface area contributed by atoms with Crippen LogP contribution in [0.4, 0.5) is 9.93 Å². The van der Waals surface area contributed by atoms with Crippen molar-refractivity contribution in [3.8, 4) is 17.0 Å². The number of urea groups is 1. The first kappa shape index (κ1) is 19.8. The summed E-state index contributed by atoms with van der Waals surface area (Å²) in [7, 11) is 5.84. The van der Waals surface area contributed by atoms with E-state index in [-0.39, 0.29) is 0 Å². The molecule has 0 unspecified atom stereocenters.